The topological polar surface area (TPSA) is 44.3 Å². The van der Waals surface area contributed by atoms with Crippen molar-refractivity contribution >= 4 is 11.6 Å². The largest absolute Gasteiger partial charge is 0.356 e. The number of hydrogen-bond acceptors (Lipinski definition) is 5. The third-order valence-electron chi connectivity index (χ3n) is 7.24. The highest BCUT2D eigenvalue weighted by atomic mass is 15.3. The maximum atomic E-state index is 5.06. The van der Waals surface area contributed by atoms with E-state index in [0.717, 1.165) is 49.6 Å². The maximum absolute atomic E-state index is 5.06. The minimum Gasteiger partial charge on any atom is -0.356 e. The summed E-state index contributed by atoms with van der Waals surface area (Å²) in [5, 5.41) is 3.58. The molecule has 2 heterocycles. The number of nitrogens with zero attached hydrogens (tertiary/aromatic N) is 4. The van der Waals surface area contributed by atoms with E-state index in [1.165, 1.54) is 56.1 Å². The fourth-order valence-electron chi connectivity index (χ4n) is 5.12. The van der Waals surface area contributed by atoms with Crippen molar-refractivity contribution in [1.82, 2.24) is 15.3 Å². The lowest BCUT2D eigenvalue weighted by atomic mass is 9.94. The summed E-state index contributed by atoms with van der Waals surface area (Å²) in [6.45, 7) is 11.5. The summed E-state index contributed by atoms with van der Waals surface area (Å²) in [6, 6.07) is 11.6. The summed E-state index contributed by atoms with van der Waals surface area (Å²) in [7, 11) is 0. The second kappa shape index (κ2) is 11.1. The van der Waals surface area contributed by atoms with Crippen LogP contribution in [0.1, 0.15) is 75.7 Å². The van der Waals surface area contributed by atoms with Crippen molar-refractivity contribution in [1.29, 1.82) is 0 Å². The number of rotatable bonds is 8. The number of hydrogen-bond donors (Lipinski definition) is 1. The molecule has 1 saturated heterocycles. The lowest BCUT2D eigenvalue weighted by molar-refractivity contribution is 0.415. The van der Waals surface area contributed by atoms with Gasteiger partial charge < -0.3 is 15.1 Å². The molecule has 0 radical (unpaired) electrons. The summed E-state index contributed by atoms with van der Waals surface area (Å²) >= 11 is 0. The Hall–Kier alpha value is -2.14. The van der Waals surface area contributed by atoms with Crippen LogP contribution in [0.2, 0.25) is 0 Å². The molecule has 0 bridgehead atoms. The van der Waals surface area contributed by atoms with Crippen LogP contribution in [0.25, 0.3) is 0 Å². The van der Waals surface area contributed by atoms with Crippen molar-refractivity contribution < 1.29 is 0 Å². The van der Waals surface area contributed by atoms with Crippen LogP contribution in [0.4, 0.5) is 11.6 Å². The third-order valence-corrected chi connectivity index (χ3v) is 7.24. The smallest absolute Gasteiger partial charge is 0.146 e. The minimum atomic E-state index is 0.617. The molecule has 2 aliphatic rings. The zero-order valence-electron chi connectivity index (χ0n) is 20.3. The van der Waals surface area contributed by atoms with Crippen molar-refractivity contribution in [3.05, 3.63) is 47.3 Å². The summed E-state index contributed by atoms with van der Waals surface area (Å²) in [5.41, 5.74) is 2.60. The van der Waals surface area contributed by atoms with Gasteiger partial charge in [0.25, 0.3) is 0 Å². The van der Waals surface area contributed by atoms with Crippen LogP contribution in [0.3, 0.4) is 0 Å². The quantitative estimate of drug-likeness (QED) is 0.596. The normalized spacial score (nSPS) is 18.2. The number of nitrogens with one attached hydrogen (secondary N) is 1. The van der Waals surface area contributed by atoms with E-state index < -0.39 is 0 Å². The fourth-order valence-corrected chi connectivity index (χ4v) is 5.12. The second-order valence-electron chi connectivity index (χ2n) is 9.84. The Labute approximate surface area is 194 Å². The maximum Gasteiger partial charge on any atom is 0.146 e. The standard InChI is InChI=1S/C27H41N5/c1-4-32(24-8-6-5-7-9-24)27-18-26(31-16-14-22(3)15-17-31)29-25(30-27)20-28-19-23-12-10-21(2)11-13-23/h10-13,18,22,24,28H,4-9,14-17,19-20H2,1-3H3. The molecular weight excluding hydrogens is 394 g/mol. The van der Waals surface area contributed by atoms with Gasteiger partial charge in [0.2, 0.25) is 0 Å². The van der Waals surface area contributed by atoms with Gasteiger partial charge in [-0.1, -0.05) is 56.0 Å². The Bertz CT molecular complexity index is 836. The first-order valence-corrected chi connectivity index (χ1v) is 12.8. The van der Waals surface area contributed by atoms with E-state index in [4.69, 9.17) is 9.97 Å². The Kier molecular flexibility index (Phi) is 8.01. The van der Waals surface area contributed by atoms with Crippen LogP contribution in [0, 0.1) is 12.8 Å². The van der Waals surface area contributed by atoms with E-state index in [1.54, 1.807) is 0 Å². The first kappa shape index (κ1) is 23.0. The molecule has 2 fully saturated rings. The van der Waals surface area contributed by atoms with Gasteiger partial charge in [0, 0.05) is 38.3 Å². The molecule has 0 unspecified atom stereocenters. The summed E-state index contributed by atoms with van der Waals surface area (Å²) in [4.78, 5) is 15.1. The molecule has 2 aromatic rings. The van der Waals surface area contributed by atoms with E-state index >= 15 is 0 Å². The van der Waals surface area contributed by atoms with Crippen LogP contribution in [-0.2, 0) is 13.1 Å². The van der Waals surface area contributed by atoms with Crippen LogP contribution in [0.5, 0.6) is 0 Å². The van der Waals surface area contributed by atoms with Gasteiger partial charge >= 0.3 is 0 Å². The van der Waals surface area contributed by atoms with Crippen molar-refractivity contribution in [2.75, 3.05) is 29.4 Å². The molecule has 5 nitrogen and oxygen atoms in total. The van der Waals surface area contributed by atoms with Crippen LogP contribution in [0.15, 0.2) is 30.3 Å². The second-order valence-corrected chi connectivity index (χ2v) is 9.84. The highest BCUT2D eigenvalue weighted by Gasteiger charge is 2.24. The number of anilines is 2. The molecule has 32 heavy (non-hydrogen) atoms. The molecular formula is C27H41N5. The van der Waals surface area contributed by atoms with E-state index in [9.17, 15) is 0 Å². The number of aromatic nitrogens is 2. The van der Waals surface area contributed by atoms with Gasteiger partial charge in [-0.05, 0) is 51.0 Å². The van der Waals surface area contributed by atoms with Gasteiger partial charge in [-0.25, -0.2) is 9.97 Å². The lowest BCUT2D eigenvalue weighted by Gasteiger charge is -2.36. The third kappa shape index (κ3) is 6.00. The van der Waals surface area contributed by atoms with Crippen molar-refractivity contribution in [3.63, 3.8) is 0 Å². The highest BCUT2D eigenvalue weighted by molar-refractivity contribution is 5.52. The first-order chi connectivity index (χ1) is 15.6. The van der Waals surface area contributed by atoms with Crippen molar-refractivity contribution in [2.45, 2.75) is 84.8 Å². The molecule has 1 saturated carbocycles. The first-order valence-electron chi connectivity index (χ1n) is 12.8. The number of aryl methyl sites for hydroxylation is 1. The summed E-state index contributed by atoms with van der Waals surface area (Å²) < 4.78 is 0. The van der Waals surface area contributed by atoms with Gasteiger partial charge in [-0.2, -0.15) is 0 Å². The molecule has 1 aromatic carbocycles. The number of piperidine rings is 1. The van der Waals surface area contributed by atoms with E-state index in [2.05, 4.69) is 66.2 Å². The zero-order valence-corrected chi connectivity index (χ0v) is 20.3. The van der Waals surface area contributed by atoms with E-state index in [-0.39, 0.29) is 0 Å². The molecule has 5 heteroatoms. The SMILES string of the molecule is CCN(c1cc(N2CCC(C)CC2)nc(CNCc2ccc(C)cc2)n1)C1CCCCC1. The van der Waals surface area contributed by atoms with Crippen LogP contribution < -0.4 is 15.1 Å². The predicted octanol–water partition coefficient (Wildman–Crippen LogP) is 5.47. The monoisotopic (exact) mass is 435 g/mol. The summed E-state index contributed by atoms with van der Waals surface area (Å²) in [5.74, 6) is 3.97. The average molecular weight is 436 g/mol. The molecule has 0 atom stereocenters. The van der Waals surface area contributed by atoms with Crippen LogP contribution >= 0.6 is 0 Å². The minimum absolute atomic E-state index is 0.617. The molecule has 4 rings (SSSR count). The fraction of sp³-hybridized carbons (Fsp3) is 0.630. The molecule has 1 aromatic heterocycles. The molecule has 1 aliphatic heterocycles. The molecule has 0 amide bonds. The molecule has 0 spiro atoms. The van der Waals surface area contributed by atoms with E-state index in [0.29, 0.717) is 12.6 Å². The van der Waals surface area contributed by atoms with Gasteiger partial charge in [0.1, 0.15) is 17.5 Å². The summed E-state index contributed by atoms with van der Waals surface area (Å²) in [6.07, 6.45) is 9.14. The average Bonchev–Trinajstić information content (AvgIpc) is 2.82. The van der Waals surface area contributed by atoms with Gasteiger partial charge in [0.15, 0.2) is 0 Å². The van der Waals surface area contributed by atoms with Gasteiger partial charge in [-0.3, -0.25) is 0 Å². The van der Waals surface area contributed by atoms with Gasteiger partial charge in [0.05, 0.1) is 6.54 Å². The Morgan fingerprint density at radius 2 is 1.69 bits per heavy atom. The Balaban J connectivity index is 1.52. The van der Waals surface area contributed by atoms with E-state index in [1.807, 2.05) is 0 Å². The van der Waals surface area contributed by atoms with Crippen molar-refractivity contribution in [2.24, 2.45) is 5.92 Å². The Morgan fingerprint density at radius 3 is 2.38 bits per heavy atom. The molecule has 174 valence electrons. The highest BCUT2D eigenvalue weighted by Crippen LogP contribution is 2.29. The number of benzene rings is 1. The molecule has 1 N–H and O–H groups in total. The molecule has 1 aliphatic carbocycles. The lowest BCUT2D eigenvalue weighted by Crippen LogP contribution is -2.38. The Morgan fingerprint density at radius 1 is 0.969 bits per heavy atom. The van der Waals surface area contributed by atoms with Gasteiger partial charge in [-0.15, -0.1) is 0 Å². The van der Waals surface area contributed by atoms with Crippen molar-refractivity contribution in [3.8, 4) is 0 Å². The van der Waals surface area contributed by atoms with Crippen LogP contribution in [-0.4, -0.2) is 35.6 Å². The zero-order chi connectivity index (χ0) is 22.3. The predicted molar refractivity (Wildman–Crippen MR) is 134 cm³/mol.